The van der Waals surface area contributed by atoms with Crippen LogP contribution in [0.1, 0.15) is 11.1 Å². The number of aromatic nitrogens is 1. The predicted octanol–water partition coefficient (Wildman–Crippen LogP) is 2.38. The van der Waals surface area contributed by atoms with Gasteiger partial charge in [-0.25, -0.2) is 4.98 Å². The van der Waals surface area contributed by atoms with E-state index in [9.17, 15) is 4.79 Å². The Morgan fingerprint density at radius 3 is 2.83 bits per heavy atom. The lowest BCUT2D eigenvalue weighted by Gasteiger charge is -2.35. The molecule has 0 radical (unpaired) electrons. The summed E-state index contributed by atoms with van der Waals surface area (Å²) in [7, 11) is 0. The van der Waals surface area contributed by atoms with Gasteiger partial charge in [0.25, 0.3) is 0 Å². The first kappa shape index (κ1) is 15.3. The largest absolute Gasteiger partial charge is 0.352 e. The molecule has 0 spiro atoms. The van der Waals surface area contributed by atoms with Gasteiger partial charge in [0, 0.05) is 38.5 Å². The Bertz CT molecular complexity index is 740. The number of pyridine rings is 1. The van der Waals surface area contributed by atoms with E-state index in [-0.39, 0.29) is 5.91 Å². The summed E-state index contributed by atoms with van der Waals surface area (Å²) in [5.74, 6) is 0.730. The van der Waals surface area contributed by atoms with E-state index in [1.54, 1.807) is 35.7 Å². The molecule has 0 atom stereocenters. The smallest absolute Gasteiger partial charge is 0.246 e. The van der Waals surface area contributed by atoms with Crippen LogP contribution in [0.4, 0.5) is 5.82 Å². The Morgan fingerprint density at radius 2 is 2.13 bits per heavy atom. The van der Waals surface area contributed by atoms with Crippen LogP contribution < -0.4 is 4.90 Å². The number of hydrogen-bond donors (Lipinski definition) is 0. The number of nitriles is 1. The molecule has 5 nitrogen and oxygen atoms in total. The Kier molecular flexibility index (Phi) is 4.69. The van der Waals surface area contributed by atoms with Crippen molar-refractivity contribution in [3.8, 4) is 6.07 Å². The maximum atomic E-state index is 12.2. The van der Waals surface area contributed by atoms with Gasteiger partial charge in [-0.05, 0) is 40.6 Å². The Balaban J connectivity index is 1.60. The minimum atomic E-state index is 0.0253. The molecule has 1 fully saturated rings. The molecule has 1 aliphatic heterocycles. The van der Waals surface area contributed by atoms with Crippen LogP contribution in [0.2, 0.25) is 0 Å². The van der Waals surface area contributed by atoms with E-state index < -0.39 is 0 Å². The van der Waals surface area contributed by atoms with Crippen molar-refractivity contribution < 1.29 is 4.79 Å². The van der Waals surface area contributed by atoms with Gasteiger partial charge in [-0.1, -0.05) is 0 Å². The fourth-order valence-corrected chi connectivity index (χ4v) is 3.15. The number of nitrogens with zero attached hydrogens (tertiary/aromatic N) is 4. The van der Waals surface area contributed by atoms with Crippen molar-refractivity contribution in [3.05, 3.63) is 52.4 Å². The molecule has 2 aromatic heterocycles. The molecule has 1 amide bonds. The second kappa shape index (κ2) is 7.07. The number of carbonyl (C=O) groups excluding carboxylic acids is 1. The highest BCUT2D eigenvalue weighted by Crippen LogP contribution is 2.18. The third-order valence-corrected chi connectivity index (χ3v) is 4.46. The summed E-state index contributed by atoms with van der Waals surface area (Å²) >= 11 is 1.61. The normalized spacial score (nSPS) is 14.9. The fourth-order valence-electron chi connectivity index (χ4n) is 2.52. The number of anilines is 1. The van der Waals surface area contributed by atoms with Gasteiger partial charge in [-0.2, -0.15) is 16.6 Å². The predicted molar refractivity (Wildman–Crippen MR) is 91.1 cm³/mol. The molecule has 6 heteroatoms. The zero-order chi connectivity index (χ0) is 16.1. The van der Waals surface area contributed by atoms with Crippen LogP contribution >= 0.6 is 11.3 Å². The lowest BCUT2D eigenvalue weighted by atomic mass is 10.2. The molecule has 1 aliphatic rings. The fraction of sp³-hybridized carbons (Fsp3) is 0.235. The summed E-state index contributed by atoms with van der Waals surface area (Å²) in [5.41, 5.74) is 1.62. The molecule has 3 rings (SSSR count). The standard InChI is InChI=1S/C17H16N4OS/c18-12-15-2-1-6-19-17(15)21-9-7-20(8-10-21)16(22)4-3-14-5-11-23-13-14/h1-6,11,13H,7-10H2. The molecule has 0 N–H and O–H groups in total. The topological polar surface area (TPSA) is 60.2 Å². The molecule has 0 aliphatic carbocycles. The quantitative estimate of drug-likeness (QED) is 0.813. The average molecular weight is 324 g/mol. The Labute approximate surface area is 139 Å². The first-order valence-corrected chi connectivity index (χ1v) is 8.31. The van der Waals surface area contributed by atoms with Crippen LogP contribution in [0.25, 0.3) is 6.08 Å². The number of hydrogen-bond acceptors (Lipinski definition) is 5. The van der Waals surface area contributed by atoms with Gasteiger partial charge < -0.3 is 9.80 Å². The van der Waals surface area contributed by atoms with Gasteiger partial charge in [0.2, 0.25) is 5.91 Å². The van der Waals surface area contributed by atoms with Gasteiger partial charge in [-0.15, -0.1) is 0 Å². The van der Waals surface area contributed by atoms with Crippen molar-refractivity contribution in [3.63, 3.8) is 0 Å². The zero-order valence-corrected chi connectivity index (χ0v) is 13.4. The SMILES string of the molecule is N#Cc1cccnc1N1CCN(C(=O)C=Cc2ccsc2)CC1. The second-order valence-electron chi connectivity index (χ2n) is 5.19. The maximum Gasteiger partial charge on any atom is 0.246 e. The number of thiophene rings is 1. The number of carbonyl (C=O) groups is 1. The van der Waals surface area contributed by atoms with Crippen LogP contribution in [0, 0.1) is 11.3 Å². The summed E-state index contributed by atoms with van der Waals surface area (Å²) in [6, 6.07) is 7.68. The molecule has 3 heterocycles. The van der Waals surface area contributed by atoms with Gasteiger partial charge in [-0.3, -0.25) is 4.79 Å². The summed E-state index contributed by atoms with van der Waals surface area (Å²) in [6.45, 7) is 2.63. The van der Waals surface area contributed by atoms with Crippen LogP contribution in [-0.2, 0) is 4.79 Å². The van der Waals surface area contributed by atoms with Crippen LogP contribution in [0.5, 0.6) is 0 Å². The molecule has 116 valence electrons. The highest BCUT2D eigenvalue weighted by atomic mass is 32.1. The lowest BCUT2D eigenvalue weighted by molar-refractivity contribution is -0.126. The van der Waals surface area contributed by atoms with E-state index in [1.807, 2.05) is 27.8 Å². The minimum Gasteiger partial charge on any atom is -0.352 e. The van der Waals surface area contributed by atoms with Crippen LogP contribution in [0.15, 0.2) is 41.2 Å². The summed E-state index contributed by atoms with van der Waals surface area (Å²) in [6.07, 6.45) is 5.16. The van der Waals surface area contributed by atoms with Gasteiger partial charge >= 0.3 is 0 Å². The van der Waals surface area contributed by atoms with E-state index >= 15 is 0 Å². The molecule has 0 aromatic carbocycles. The van der Waals surface area contributed by atoms with E-state index in [4.69, 9.17) is 5.26 Å². The lowest BCUT2D eigenvalue weighted by Crippen LogP contribution is -2.48. The van der Waals surface area contributed by atoms with E-state index in [0.29, 0.717) is 37.6 Å². The van der Waals surface area contributed by atoms with E-state index in [1.165, 1.54) is 0 Å². The first-order chi connectivity index (χ1) is 11.3. The molecule has 1 saturated heterocycles. The molecule has 0 bridgehead atoms. The highest BCUT2D eigenvalue weighted by molar-refractivity contribution is 7.08. The zero-order valence-electron chi connectivity index (χ0n) is 12.6. The van der Waals surface area contributed by atoms with Crippen molar-refractivity contribution in [2.24, 2.45) is 0 Å². The van der Waals surface area contributed by atoms with Crippen molar-refractivity contribution in [2.45, 2.75) is 0 Å². The monoisotopic (exact) mass is 324 g/mol. The van der Waals surface area contributed by atoms with Gasteiger partial charge in [0.05, 0.1) is 5.56 Å². The highest BCUT2D eigenvalue weighted by Gasteiger charge is 2.22. The average Bonchev–Trinajstić information content (AvgIpc) is 3.13. The van der Waals surface area contributed by atoms with Crippen molar-refractivity contribution in [1.82, 2.24) is 9.88 Å². The maximum absolute atomic E-state index is 12.2. The number of piperazine rings is 1. The van der Waals surface area contributed by atoms with Crippen molar-refractivity contribution in [2.75, 3.05) is 31.1 Å². The first-order valence-electron chi connectivity index (χ1n) is 7.37. The van der Waals surface area contributed by atoms with Gasteiger partial charge in [0.1, 0.15) is 11.9 Å². The van der Waals surface area contributed by atoms with E-state index in [0.717, 1.165) is 5.56 Å². The molecule has 0 saturated carbocycles. The summed E-state index contributed by atoms with van der Waals surface area (Å²) in [4.78, 5) is 20.4. The van der Waals surface area contributed by atoms with E-state index in [2.05, 4.69) is 16.0 Å². The number of amides is 1. The van der Waals surface area contributed by atoms with Crippen molar-refractivity contribution >= 4 is 29.1 Å². The Morgan fingerprint density at radius 1 is 1.30 bits per heavy atom. The molecule has 23 heavy (non-hydrogen) atoms. The summed E-state index contributed by atoms with van der Waals surface area (Å²) < 4.78 is 0. The Hall–Kier alpha value is -2.65. The second-order valence-corrected chi connectivity index (χ2v) is 5.97. The summed E-state index contributed by atoms with van der Waals surface area (Å²) in [5, 5.41) is 13.2. The van der Waals surface area contributed by atoms with Crippen LogP contribution in [0.3, 0.4) is 0 Å². The molecule has 0 unspecified atom stereocenters. The number of rotatable bonds is 3. The van der Waals surface area contributed by atoms with Crippen molar-refractivity contribution in [1.29, 1.82) is 5.26 Å². The minimum absolute atomic E-state index is 0.0253. The molecular formula is C17H16N4OS. The van der Waals surface area contributed by atoms with Crippen LogP contribution in [-0.4, -0.2) is 42.0 Å². The third kappa shape index (κ3) is 3.58. The third-order valence-electron chi connectivity index (χ3n) is 3.76. The van der Waals surface area contributed by atoms with Gasteiger partial charge in [0.15, 0.2) is 0 Å². The molecular weight excluding hydrogens is 308 g/mol. The molecule has 2 aromatic rings.